The van der Waals surface area contributed by atoms with Crippen LogP contribution in [0.2, 0.25) is 0 Å². The Morgan fingerprint density at radius 1 is 1.25 bits per heavy atom. The van der Waals surface area contributed by atoms with Gasteiger partial charge in [0.1, 0.15) is 0 Å². The van der Waals surface area contributed by atoms with Gasteiger partial charge in [0.05, 0.1) is 4.90 Å². The highest BCUT2D eigenvalue weighted by molar-refractivity contribution is 7.89. The number of aryl methyl sites for hydroxylation is 1. The highest BCUT2D eigenvalue weighted by Crippen LogP contribution is 2.28. The van der Waals surface area contributed by atoms with E-state index in [9.17, 15) is 8.42 Å². The Morgan fingerprint density at radius 2 is 1.80 bits per heavy atom. The molecule has 0 radical (unpaired) electrons. The fourth-order valence-corrected chi connectivity index (χ4v) is 3.95. The van der Waals surface area contributed by atoms with Crippen LogP contribution in [0.15, 0.2) is 11.0 Å². The summed E-state index contributed by atoms with van der Waals surface area (Å²) in [4.78, 5) is 0.243. The lowest BCUT2D eigenvalue weighted by Gasteiger charge is -2.22. The van der Waals surface area contributed by atoms with E-state index in [-0.39, 0.29) is 23.5 Å². The molecule has 20 heavy (non-hydrogen) atoms. The van der Waals surface area contributed by atoms with Crippen molar-refractivity contribution in [1.82, 2.24) is 4.72 Å². The summed E-state index contributed by atoms with van der Waals surface area (Å²) in [6.45, 7) is 8.77. The molecule has 4 N–H and O–H groups in total. The van der Waals surface area contributed by atoms with E-state index in [2.05, 4.69) is 4.72 Å². The molecule has 0 saturated carbocycles. The maximum absolute atomic E-state index is 12.6. The van der Waals surface area contributed by atoms with E-state index in [1.807, 2.05) is 6.92 Å². The molecule has 6 heteroatoms. The third-order valence-corrected chi connectivity index (χ3v) is 5.66. The van der Waals surface area contributed by atoms with Crippen molar-refractivity contribution < 1.29 is 13.5 Å². The molecule has 0 aliphatic rings. The van der Waals surface area contributed by atoms with Crippen LogP contribution in [0.3, 0.4) is 0 Å². The van der Waals surface area contributed by atoms with Crippen LogP contribution in [0.4, 0.5) is 5.69 Å². The molecule has 0 amide bonds. The molecular formula is C14H24N2O3S. The van der Waals surface area contributed by atoms with Gasteiger partial charge in [-0.25, -0.2) is 13.1 Å². The minimum absolute atomic E-state index is 0.0718. The van der Waals surface area contributed by atoms with Crippen LogP contribution in [-0.4, -0.2) is 26.2 Å². The first kappa shape index (κ1) is 16.9. The second kappa shape index (κ2) is 6.11. The van der Waals surface area contributed by atoms with Gasteiger partial charge in [-0.3, -0.25) is 0 Å². The molecule has 0 aliphatic heterocycles. The fraction of sp³-hybridized carbons (Fsp3) is 0.571. The van der Waals surface area contributed by atoms with Crippen molar-refractivity contribution in [1.29, 1.82) is 0 Å². The maximum Gasteiger partial charge on any atom is 0.241 e. The van der Waals surface area contributed by atoms with E-state index in [0.717, 1.165) is 5.56 Å². The van der Waals surface area contributed by atoms with Crippen molar-refractivity contribution in [2.24, 2.45) is 5.92 Å². The van der Waals surface area contributed by atoms with Crippen LogP contribution in [0, 0.1) is 26.7 Å². The second-order valence-corrected chi connectivity index (χ2v) is 7.08. The number of nitrogen functional groups attached to an aromatic ring is 1. The van der Waals surface area contributed by atoms with Crippen molar-refractivity contribution >= 4 is 15.7 Å². The highest BCUT2D eigenvalue weighted by Gasteiger charge is 2.25. The van der Waals surface area contributed by atoms with Gasteiger partial charge >= 0.3 is 0 Å². The summed E-state index contributed by atoms with van der Waals surface area (Å²) in [6, 6.07) is 1.43. The van der Waals surface area contributed by atoms with Crippen molar-refractivity contribution in [3.05, 3.63) is 22.8 Å². The molecule has 0 heterocycles. The average molecular weight is 300 g/mol. The fourth-order valence-electron chi connectivity index (χ4n) is 2.02. The number of benzene rings is 1. The van der Waals surface area contributed by atoms with E-state index in [0.29, 0.717) is 16.8 Å². The maximum atomic E-state index is 12.6. The van der Waals surface area contributed by atoms with Gasteiger partial charge in [-0.2, -0.15) is 0 Å². The SMILES string of the molecule is Cc1cc(N)c(C)c(S(=O)(=O)NC(C)C(C)CO)c1C. The molecule has 0 saturated heterocycles. The third kappa shape index (κ3) is 3.31. The summed E-state index contributed by atoms with van der Waals surface area (Å²) in [6.07, 6.45) is 0. The number of hydrogen-bond donors (Lipinski definition) is 3. The zero-order valence-electron chi connectivity index (χ0n) is 12.7. The summed E-state index contributed by atoms with van der Waals surface area (Å²) in [5.74, 6) is -0.160. The number of hydrogen-bond acceptors (Lipinski definition) is 4. The van der Waals surface area contributed by atoms with Gasteiger partial charge in [0.15, 0.2) is 0 Å². The normalized spacial score (nSPS) is 15.1. The number of aliphatic hydroxyl groups excluding tert-OH is 1. The Balaban J connectivity index is 3.30. The zero-order chi connectivity index (χ0) is 15.7. The monoisotopic (exact) mass is 300 g/mol. The molecule has 0 fully saturated rings. The zero-order valence-corrected chi connectivity index (χ0v) is 13.5. The van der Waals surface area contributed by atoms with Crippen LogP contribution in [-0.2, 0) is 10.0 Å². The minimum Gasteiger partial charge on any atom is -0.398 e. The van der Waals surface area contributed by atoms with Gasteiger partial charge < -0.3 is 10.8 Å². The van der Waals surface area contributed by atoms with E-state index in [1.54, 1.807) is 33.8 Å². The second-order valence-electron chi connectivity index (χ2n) is 5.43. The van der Waals surface area contributed by atoms with Crippen molar-refractivity contribution in [3.63, 3.8) is 0 Å². The molecule has 1 rings (SSSR count). The molecule has 1 aromatic rings. The number of nitrogens with one attached hydrogen (secondary N) is 1. The molecule has 0 bridgehead atoms. The minimum atomic E-state index is -3.66. The Bertz CT molecular complexity index is 571. The molecule has 2 atom stereocenters. The summed E-state index contributed by atoms with van der Waals surface area (Å²) in [7, 11) is -3.66. The van der Waals surface area contributed by atoms with Gasteiger partial charge in [-0.15, -0.1) is 0 Å². The molecule has 2 unspecified atom stereocenters. The van der Waals surface area contributed by atoms with Crippen molar-refractivity contribution in [3.8, 4) is 0 Å². The first-order chi connectivity index (χ1) is 9.11. The molecule has 1 aromatic carbocycles. The Hall–Kier alpha value is -1.11. The van der Waals surface area contributed by atoms with Gasteiger partial charge in [0, 0.05) is 18.3 Å². The van der Waals surface area contributed by atoms with Crippen molar-refractivity contribution in [2.75, 3.05) is 12.3 Å². The Kier molecular flexibility index (Phi) is 5.18. The molecule has 0 aliphatic carbocycles. The third-order valence-electron chi connectivity index (χ3n) is 3.83. The Morgan fingerprint density at radius 3 is 2.30 bits per heavy atom. The van der Waals surface area contributed by atoms with Gasteiger partial charge in [-0.1, -0.05) is 6.92 Å². The Labute approximate surface area is 121 Å². The number of nitrogens with two attached hydrogens (primary N) is 1. The molecule has 0 aromatic heterocycles. The predicted molar refractivity (Wildman–Crippen MR) is 81.1 cm³/mol. The molecule has 5 nitrogen and oxygen atoms in total. The van der Waals surface area contributed by atoms with Crippen LogP contribution < -0.4 is 10.5 Å². The first-order valence-electron chi connectivity index (χ1n) is 6.61. The lowest BCUT2D eigenvalue weighted by molar-refractivity contribution is 0.216. The van der Waals surface area contributed by atoms with E-state index in [1.165, 1.54) is 0 Å². The van der Waals surface area contributed by atoms with Crippen LogP contribution >= 0.6 is 0 Å². The number of aliphatic hydroxyl groups is 1. The number of sulfonamides is 1. The van der Waals surface area contributed by atoms with Crippen molar-refractivity contribution in [2.45, 2.75) is 45.6 Å². The predicted octanol–water partition coefficient (Wildman–Crippen LogP) is 1.49. The largest absolute Gasteiger partial charge is 0.398 e. The summed E-state index contributed by atoms with van der Waals surface area (Å²) in [5.41, 5.74) is 8.45. The van der Waals surface area contributed by atoms with Crippen LogP contribution in [0.25, 0.3) is 0 Å². The van der Waals surface area contributed by atoms with Crippen LogP contribution in [0.5, 0.6) is 0 Å². The molecule has 114 valence electrons. The van der Waals surface area contributed by atoms with Gasteiger partial charge in [0.2, 0.25) is 10.0 Å². The highest BCUT2D eigenvalue weighted by atomic mass is 32.2. The average Bonchev–Trinajstić information content (AvgIpc) is 2.34. The molecular weight excluding hydrogens is 276 g/mol. The van der Waals surface area contributed by atoms with Gasteiger partial charge in [-0.05, 0) is 56.4 Å². The smallest absolute Gasteiger partial charge is 0.241 e. The summed E-state index contributed by atoms with van der Waals surface area (Å²) in [5, 5.41) is 9.12. The lowest BCUT2D eigenvalue weighted by Crippen LogP contribution is -2.39. The van der Waals surface area contributed by atoms with E-state index < -0.39 is 10.0 Å². The van der Waals surface area contributed by atoms with E-state index in [4.69, 9.17) is 10.8 Å². The number of rotatable bonds is 5. The number of anilines is 1. The topological polar surface area (TPSA) is 92.4 Å². The molecule has 0 spiro atoms. The lowest BCUT2D eigenvalue weighted by atomic mass is 10.1. The summed E-state index contributed by atoms with van der Waals surface area (Å²) >= 11 is 0. The quantitative estimate of drug-likeness (QED) is 0.718. The van der Waals surface area contributed by atoms with Gasteiger partial charge in [0.25, 0.3) is 0 Å². The van der Waals surface area contributed by atoms with Crippen LogP contribution in [0.1, 0.15) is 30.5 Å². The first-order valence-corrected chi connectivity index (χ1v) is 8.09. The van der Waals surface area contributed by atoms with E-state index >= 15 is 0 Å². The summed E-state index contributed by atoms with van der Waals surface area (Å²) < 4.78 is 27.7. The standard InChI is InChI=1S/C14H24N2O3S/c1-8-6-13(15)11(4)14(10(8)3)20(18,19)16-12(5)9(2)7-17/h6,9,12,16-17H,7,15H2,1-5H3.